The van der Waals surface area contributed by atoms with Gasteiger partial charge in [-0.05, 0) is 72.9 Å². The summed E-state index contributed by atoms with van der Waals surface area (Å²) in [6.07, 6.45) is 5.45. The highest BCUT2D eigenvalue weighted by Crippen LogP contribution is 2.65. The molecule has 4 fully saturated rings. The maximum absolute atomic E-state index is 10.3. The zero-order valence-corrected chi connectivity index (χ0v) is 16.9. The van der Waals surface area contributed by atoms with Crippen molar-refractivity contribution in [3.05, 3.63) is 29.3 Å². The second-order valence-corrected chi connectivity index (χ2v) is 9.83. The van der Waals surface area contributed by atoms with E-state index < -0.39 is 0 Å². The monoisotopic (exact) mass is 356 g/mol. The van der Waals surface area contributed by atoms with Crippen LogP contribution < -0.4 is 0 Å². The molecule has 0 aromatic heterocycles. The van der Waals surface area contributed by atoms with Crippen molar-refractivity contribution in [2.24, 2.45) is 17.3 Å². The molecule has 1 heterocycles. The Balaban J connectivity index is 1.33. The lowest BCUT2D eigenvalue weighted by atomic mass is 9.43. The summed E-state index contributed by atoms with van der Waals surface area (Å²) in [7, 11) is -0.0859. The molecule has 5 rings (SSSR count). The molecule has 1 saturated heterocycles. The third kappa shape index (κ3) is 2.81. The largest absolute Gasteiger partial charge is 0.508 e. The maximum atomic E-state index is 10.3. The number of aromatic hydroxyl groups is 1. The Morgan fingerprint density at radius 1 is 1.23 bits per heavy atom. The van der Waals surface area contributed by atoms with Crippen molar-refractivity contribution in [3.8, 4) is 5.75 Å². The summed E-state index contributed by atoms with van der Waals surface area (Å²) < 4.78 is 12.8. The van der Waals surface area contributed by atoms with Gasteiger partial charge in [-0.2, -0.15) is 0 Å². The fraction of sp³-hybridized carbons (Fsp3) is 0.727. The first-order chi connectivity index (χ1) is 12.2. The SMILES string of the molecule is CC(C)c1ccc(CCCB2O[C@@H]3C[C@@H]4C[C@@H](C4(C)C)[C@]3(C)O2)c(O)c1. The minimum absolute atomic E-state index is 0.0859. The van der Waals surface area contributed by atoms with Gasteiger partial charge < -0.3 is 14.4 Å². The molecule has 1 N–H and O–H groups in total. The van der Waals surface area contributed by atoms with Crippen LogP contribution in [0.1, 0.15) is 70.9 Å². The van der Waals surface area contributed by atoms with Crippen molar-refractivity contribution in [2.75, 3.05) is 0 Å². The van der Waals surface area contributed by atoms with Crippen LogP contribution >= 0.6 is 0 Å². The first-order valence-corrected chi connectivity index (χ1v) is 10.4. The molecule has 0 unspecified atom stereocenters. The average molecular weight is 356 g/mol. The molecule has 1 aromatic carbocycles. The van der Waals surface area contributed by atoms with Crippen LogP contribution in [0, 0.1) is 17.3 Å². The lowest BCUT2D eigenvalue weighted by molar-refractivity contribution is -0.199. The quantitative estimate of drug-likeness (QED) is 0.739. The Morgan fingerprint density at radius 3 is 2.65 bits per heavy atom. The molecule has 3 nitrogen and oxygen atoms in total. The molecule has 4 heteroatoms. The van der Waals surface area contributed by atoms with Gasteiger partial charge in [-0.15, -0.1) is 0 Å². The molecule has 0 radical (unpaired) electrons. The van der Waals surface area contributed by atoms with Crippen LogP contribution in [-0.4, -0.2) is 23.9 Å². The lowest BCUT2D eigenvalue weighted by Crippen LogP contribution is -2.65. The fourth-order valence-corrected chi connectivity index (χ4v) is 5.69. The molecule has 0 spiro atoms. The molecular weight excluding hydrogens is 323 g/mol. The summed E-state index contributed by atoms with van der Waals surface area (Å²) in [5.74, 6) is 2.28. The van der Waals surface area contributed by atoms with Gasteiger partial charge >= 0.3 is 7.12 Å². The molecule has 0 amide bonds. The summed E-state index contributed by atoms with van der Waals surface area (Å²) in [5, 5.41) is 10.3. The van der Waals surface area contributed by atoms with Gasteiger partial charge in [0.2, 0.25) is 0 Å². The van der Waals surface area contributed by atoms with E-state index in [1.54, 1.807) is 0 Å². The first-order valence-electron chi connectivity index (χ1n) is 10.4. The van der Waals surface area contributed by atoms with Gasteiger partial charge in [0.1, 0.15) is 5.75 Å². The zero-order chi connectivity index (χ0) is 18.7. The fourth-order valence-electron chi connectivity index (χ4n) is 5.69. The van der Waals surface area contributed by atoms with Crippen LogP contribution in [0.4, 0.5) is 0 Å². The molecule has 3 saturated carbocycles. The van der Waals surface area contributed by atoms with Crippen molar-refractivity contribution in [1.29, 1.82) is 0 Å². The smallest absolute Gasteiger partial charge is 0.457 e. The third-order valence-corrected chi connectivity index (χ3v) is 7.66. The van der Waals surface area contributed by atoms with Crippen molar-refractivity contribution < 1.29 is 14.4 Å². The summed E-state index contributed by atoms with van der Waals surface area (Å²) >= 11 is 0. The van der Waals surface area contributed by atoms with E-state index in [4.69, 9.17) is 9.31 Å². The zero-order valence-electron chi connectivity index (χ0n) is 16.9. The Hall–Kier alpha value is -0.995. The topological polar surface area (TPSA) is 38.7 Å². The predicted octanol–water partition coefficient (Wildman–Crippen LogP) is 5.18. The number of rotatable bonds is 5. The number of aryl methyl sites for hydroxylation is 1. The Morgan fingerprint density at radius 2 is 2.00 bits per heavy atom. The minimum Gasteiger partial charge on any atom is -0.508 e. The highest BCUT2D eigenvalue weighted by Gasteiger charge is 2.67. The summed E-state index contributed by atoms with van der Waals surface area (Å²) in [5.41, 5.74) is 2.50. The van der Waals surface area contributed by atoms with Gasteiger partial charge in [0.25, 0.3) is 0 Å². The minimum atomic E-state index is -0.107. The Labute approximate surface area is 158 Å². The number of hydrogen-bond donors (Lipinski definition) is 1. The van der Waals surface area contributed by atoms with Gasteiger partial charge in [-0.1, -0.05) is 46.2 Å². The number of hydrogen-bond acceptors (Lipinski definition) is 3. The second kappa shape index (κ2) is 6.27. The standard InChI is InChI=1S/C22H33BO3/c1-14(2)16-9-8-15(18(24)11-16)7-6-10-23-25-20-13-17-12-19(21(17,3)4)22(20,5)26-23/h8-9,11,14,17,19-20,24H,6-7,10,12-13H2,1-5H3/t17-,19-,20+,22-/m0/s1. The molecule has 3 aliphatic carbocycles. The van der Waals surface area contributed by atoms with Crippen LogP contribution in [0.15, 0.2) is 18.2 Å². The molecule has 4 atom stereocenters. The van der Waals surface area contributed by atoms with Crippen molar-refractivity contribution in [2.45, 2.75) is 84.2 Å². The Bertz CT molecular complexity index is 686. The van der Waals surface area contributed by atoms with Gasteiger partial charge in [0.05, 0.1) is 11.7 Å². The lowest BCUT2D eigenvalue weighted by Gasteiger charge is -2.64. The van der Waals surface area contributed by atoms with E-state index in [2.05, 4.69) is 46.8 Å². The average Bonchev–Trinajstić information content (AvgIpc) is 2.91. The van der Waals surface area contributed by atoms with Crippen LogP contribution in [0.25, 0.3) is 0 Å². The highest BCUT2D eigenvalue weighted by molar-refractivity contribution is 6.45. The molecule has 2 bridgehead atoms. The van der Waals surface area contributed by atoms with E-state index in [1.165, 1.54) is 12.0 Å². The van der Waals surface area contributed by atoms with Crippen molar-refractivity contribution in [3.63, 3.8) is 0 Å². The van der Waals surface area contributed by atoms with Crippen LogP contribution in [0.2, 0.25) is 6.32 Å². The highest BCUT2D eigenvalue weighted by atomic mass is 16.7. The molecule has 142 valence electrons. The molecule has 4 aliphatic rings. The van der Waals surface area contributed by atoms with Gasteiger partial charge in [-0.25, -0.2) is 0 Å². The predicted molar refractivity (Wildman–Crippen MR) is 105 cm³/mol. The Kier molecular flexibility index (Phi) is 4.43. The van der Waals surface area contributed by atoms with Gasteiger partial charge in [0.15, 0.2) is 0 Å². The molecular formula is C22H33BO3. The van der Waals surface area contributed by atoms with Crippen LogP contribution in [0.5, 0.6) is 5.75 Å². The molecule has 1 aromatic rings. The van der Waals surface area contributed by atoms with Crippen LogP contribution in [-0.2, 0) is 15.7 Å². The van der Waals surface area contributed by atoms with E-state index in [0.29, 0.717) is 23.0 Å². The first kappa shape index (κ1) is 18.4. The summed E-state index contributed by atoms with van der Waals surface area (Å²) in [6.45, 7) is 11.4. The van der Waals surface area contributed by atoms with Crippen molar-refractivity contribution >= 4 is 7.12 Å². The van der Waals surface area contributed by atoms with Gasteiger partial charge in [-0.3, -0.25) is 0 Å². The van der Waals surface area contributed by atoms with E-state index in [9.17, 15) is 5.11 Å². The summed E-state index contributed by atoms with van der Waals surface area (Å²) in [4.78, 5) is 0. The van der Waals surface area contributed by atoms with E-state index >= 15 is 0 Å². The van der Waals surface area contributed by atoms with Crippen LogP contribution in [0.3, 0.4) is 0 Å². The maximum Gasteiger partial charge on any atom is 0.457 e. The normalized spacial score (nSPS) is 34.7. The molecule has 1 aliphatic heterocycles. The number of benzene rings is 1. The number of phenols is 1. The number of phenolic OH excluding ortho intramolecular Hbond substituents is 1. The van der Waals surface area contributed by atoms with E-state index in [1.807, 2.05) is 6.07 Å². The molecule has 26 heavy (non-hydrogen) atoms. The third-order valence-electron chi connectivity index (χ3n) is 7.66. The van der Waals surface area contributed by atoms with Crippen molar-refractivity contribution in [1.82, 2.24) is 0 Å². The van der Waals surface area contributed by atoms with E-state index in [-0.39, 0.29) is 18.8 Å². The van der Waals surface area contributed by atoms with E-state index in [0.717, 1.165) is 37.1 Å². The second-order valence-electron chi connectivity index (χ2n) is 9.83. The summed E-state index contributed by atoms with van der Waals surface area (Å²) in [6, 6.07) is 6.11. The van der Waals surface area contributed by atoms with Gasteiger partial charge in [0, 0.05) is 0 Å².